The Morgan fingerprint density at radius 3 is 1.46 bits per heavy atom. The van der Waals surface area contributed by atoms with Crippen LogP contribution in [-0.2, 0) is 57.1 Å². The summed E-state index contributed by atoms with van der Waals surface area (Å²) in [4.78, 5) is 44.7. The highest BCUT2D eigenvalue weighted by molar-refractivity contribution is 5.68. The van der Waals surface area contributed by atoms with Crippen molar-refractivity contribution in [1.29, 1.82) is 0 Å². The maximum Gasteiger partial charge on any atom is 0.303 e. The summed E-state index contributed by atoms with van der Waals surface area (Å²) in [6.07, 6.45) is -4.55. The van der Waals surface area contributed by atoms with Crippen molar-refractivity contribution in [3.8, 4) is 0 Å². The molecule has 0 aromatic rings. The summed E-state index contributed by atoms with van der Waals surface area (Å²) in [5.41, 5.74) is 0. The summed E-state index contributed by atoms with van der Waals surface area (Å²) in [5, 5.41) is 0. The minimum atomic E-state index is -0.849. The van der Waals surface area contributed by atoms with Gasteiger partial charge in [-0.3, -0.25) is 19.2 Å². The third kappa shape index (κ3) is 8.36. The Kier molecular flexibility index (Phi) is 10.5. The zero-order valence-electron chi connectivity index (χ0n) is 23.2. The molecule has 12 heteroatoms. The van der Waals surface area contributed by atoms with Gasteiger partial charge < -0.3 is 37.9 Å². The van der Waals surface area contributed by atoms with E-state index in [2.05, 4.69) is 0 Å². The second-order valence-corrected chi connectivity index (χ2v) is 10.0. The molecule has 3 aliphatic heterocycles. The number of esters is 4. The molecule has 37 heavy (non-hydrogen) atoms. The molecule has 0 aliphatic carbocycles. The fourth-order valence-corrected chi connectivity index (χ4v) is 4.60. The molecular formula is C25H40O12. The lowest BCUT2D eigenvalue weighted by atomic mass is 9.89. The van der Waals surface area contributed by atoms with E-state index >= 15 is 0 Å². The molecule has 212 valence electrons. The topological polar surface area (TPSA) is 142 Å². The first-order valence-corrected chi connectivity index (χ1v) is 12.4. The molecule has 12 nitrogen and oxygen atoms in total. The molecule has 10 atom stereocenters. The van der Waals surface area contributed by atoms with Crippen molar-refractivity contribution in [3.05, 3.63) is 0 Å². The van der Waals surface area contributed by atoms with Crippen molar-refractivity contribution >= 4 is 23.9 Å². The molecule has 3 saturated heterocycles. The molecule has 0 bridgehead atoms. The summed E-state index contributed by atoms with van der Waals surface area (Å²) in [5.74, 6) is -2.59. The second kappa shape index (κ2) is 12.5. The molecule has 0 aromatic carbocycles. The number of rotatable bonds is 4. The number of fused-ring (bicyclic) bond motifs is 1. The predicted octanol–water partition coefficient (Wildman–Crippen LogP) is 2.04. The number of hydrogen-bond donors (Lipinski definition) is 0. The number of carbonyl (C=O) groups is 4. The van der Waals surface area contributed by atoms with Gasteiger partial charge in [0.05, 0.1) is 18.3 Å². The minimum absolute atomic E-state index is 0.0144. The van der Waals surface area contributed by atoms with Gasteiger partial charge >= 0.3 is 23.9 Å². The Morgan fingerprint density at radius 2 is 0.973 bits per heavy atom. The molecule has 0 spiro atoms. The molecule has 3 aliphatic rings. The van der Waals surface area contributed by atoms with E-state index in [1.807, 2.05) is 20.8 Å². The molecule has 0 amide bonds. The Bertz CT molecular complexity index is 842. The van der Waals surface area contributed by atoms with Gasteiger partial charge in [0.25, 0.3) is 0 Å². The van der Waals surface area contributed by atoms with E-state index < -0.39 is 66.6 Å². The van der Waals surface area contributed by atoms with Crippen LogP contribution >= 0.6 is 0 Å². The number of carbonyl (C=O) groups excluding carboxylic acids is 4. The highest BCUT2D eigenvalue weighted by Gasteiger charge is 2.56. The van der Waals surface area contributed by atoms with E-state index in [0.29, 0.717) is 0 Å². The van der Waals surface area contributed by atoms with Crippen molar-refractivity contribution in [2.24, 2.45) is 5.92 Å². The van der Waals surface area contributed by atoms with Crippen LogP contribution in [0.2, 0.25) is 0 Å². The van der Waals surface area contributed by atoms with Crippen molar-refractivity contribution in [2.45, 2.75) is 130 Å². The average Bonchev–Trinajstić information content (AvgIpc) is 3.04. The summed E-state index contributed by atoms with van der Waals surface area (Å²) in [6, 6.07) is 0. The lowest BCUT2D eigenvalue weighted by Gasteiger charge is -2.42. The zero-order valence-corrected chi connectivity index (χ0v) is 23.2. The van der Waals surface area contributed by atoms with Gasteiger partial charge in [0.2, 0.25) is 0 Å². The number of ether oxygens (including phenoxy) is 8. The Labute approximate surface area is 217 Å². The van der Waals surface area contributed by atoms with Crippen LogP contribution in [0.4, 0.5) is 0 Å². The van der Waals surface area contributed by atoms with Gasteiger partial charge in [0.1, 0.15) is 6.10 Å². The van der Waals surface area contributed by atoms with Crippen LogP contribution in [0.1, 0.15) is 69.2 Å². The normalized spacial score (nSPS) is 38.2. The van der Waals surface area contributed by atoms with Crippen molar-refractivity contribution in [2.75, 3.05) is 0 Å². The van der Waals surface area contributed by atoms with Gasteiger partial charge in [-0.25, -0.2) is 0 Å². The van der Waals surface area contributed by atoms with Gasteiger partial charge in [-0.15, -0.1) is 0 Å². The number of hydrogen-bond acceptors (Lipinski definition) is 12. The maximum absolute atomic E-state index is 11.3. The molecule has 0 radical (unpaired) electrons. The molecule has 3 fully saturated rings. The van der Waals surface area contributed by atoms with Gasteiger partial charge in [-0.05, 0) is 34.6 Å². The predicted molar refractivity (Wildman–Crippen MR) is 126 cm³/mol. The standard InChI is InChI=1S/C13H20O7.C12H20O5/c1-6-9(17-7(2)14)10(18-8(3)15)11-12(16-6)20-13(4,5)19-11;1-6-7(2)15-8(3)12(17-10(5)14)11(6)16-9(4)13/h6,9-12H,1-5H3;6-8,11-12H,1-5H3/t6-,9-,10+,11+,12?;6-,7?,8-,11-,12-/m00/s1. The monoisotopic (exact) mass is 532 g/mol. The van der Waals surface area contributed by atoms with Crippen LogP contribution in [0.5, 0.6) is 0 Å². The molecule has 3 rings (SSSR count). The lowest BCUT2D eigenvalue weighted by molar-refractivity contribution is -0.255. The largest absolute Gasteiger partial charge is 0.458 e. The first-order chi connectivity index (χ1) is 17.0. The van der Waals surface area contributed by atoms with Gasteiger partial charge in [-0.1, -0.05) is 6.92 Å². The Hall–Kier alpha value is -2.28. The van der Waals surface area contributed by atoms with Gasteiger partial charge in [0, 0.05) is 33.6 Å². The zero-order chi connectivity index (χ0) is 28.2. The van der Waals surface area contributed by atoms with Crippen molar-refractivity contribution in [1.82, 2.24) is 0 Å². The Balaban J connectivity index is 0.000000264. The SMILES string of the molecule is CC(=O)O[C@@H]1[C@@H](OC(C)=O)[C@@H](C)C(C)O[C@H]1C.CC(=O)O[C@@H]1[C@@H](OC(C)=O)[C@H]2OC(C)(C)OC2O[C@H]1C. The smallest absolute Gasteiger partial charge is 0.303 e. The van der Waals surface area contributed by atoms with Crippen molar-refractivity contribution in [3.63, 3.8) is 0 Å². The van der Waals surface area contributed by atoms with E-state index in [1.165, 1.54) is 27.7 Å². The van der Waals surface area contributed by atoms with Crippen LogP contribution in [0.25, 0.3) is 0 Å². The van der Waals surface area contributed by atoms with E-state index in [0.717, 1.165) is 0 Å². The summed E-state index contributed by atoms with van der Waals surface area (Å²) >= 11 is 0. The summed E-state index contributed by atoms with van der Waals surface area (Å²) in [6.45, 7) is 16.1. The second-order valence-electron chi connectivity index (χ2n) is 10.0. The molecule has 0 saturated carbocycles. The van der Waals surface area contributed by atoms with Crippen LogP contribution in [0, 0.1) is 5.92 Å². The maximum atomic E-state index is 11.3. The lowest BCUT2D eigenvalue weighted by Crippen LogP contribution is -2.58. The van der Waals surface area contributed by atoms with Gasteiger partial charge in [0.15, 0.2) is 36.5 Å². The third-order valence-electron chi connectivity index (χ3n) is 6.23. The van der Waals surface area contributed by atoms with E-state index in [1.54, 1.807) is 20.8 Å². The summed E-state index contributed by atoms with van der Waals surface area (Å²) in [7, 11) is 0. The Morgan fingerprint density at radius 1 is 0.568 bits per heavy atom. The third-order valence-corrected chi connectivity index (χ3v) is 6.23. The first-order valence-electron chi connectivity index (χ1n) is 12.4. The van der Waals surface area contributed by atoms with E-state index in [-0.39, 0.29) is 24.1 Å². The minimum Gasteiger partial charge on any atom is -0.458 e. The fourth-order valence-electron chi connectivity index (χ4n) is 4.60. The molecule has 3 heterocycles. The summed E-state index contributed by atoms with van der Waals surface area (Å²) < 4.78 is 43.6. The van der Waals surface area contributed by atoms with Crippen LogP contribution in [-0.4, -0.2) is 84.8 Å². The quantitative estimate of drug-likeness (QED) is 0.386. The van der Waals surface area contributed by atoms with E-state index in [4.69, 9.17) is 37.9 Å². The molecule has 2 unspecified atom stereocenters. The van der Waals surface area contributed by atoms with Crippen molar-refractivity contribution < 1.29 is 57.1 Å². The molecule has 0 N–H and O–H groups in total. The van der Waals surface area contributed by atoms with Crippen LogP contribution in [0.3, 0.4) is 0 Å². The average molecular weight is 533 g/mol. The highest BCUT2D eigenvalue weighted by Crippen LogP contribution is 2.38. The molecule has 0 aromatic heterocycles. The molecular weight excluding hydrogens is 492 g/mol. The fraction of sp³-hybridized carbons (Fsp3) is 0.840. The van der Waals surface area contributed by atoms with Crippen LogP contribution < -0.4 is 0 Å². The van der Waals surface area contributed by atoms with Crippen LogP contribution in [0.15, 0.2) is 0 Å². The van der Waals surface area contributed by atoms with E-state index in [9.17, 15) is 19.2 Å². The van der Waals surface area contributed by atoms with Gasteiger partial charge in [-0.2, -0.15) is 0 Å². The highest BCUT2D eigenvalue weighted by atomic mass is 16.8. The first kappa shape index (κ1) is 30.9.